The van der Waals surface area contributed by atoms with Crippen molar-refractivity contribution >= 4 is 36.7 Å². The highest BCUT2D eigenvalue weighted by Crippen LogP contribution is 2.39. The molecule has 0 bridgehead atoms. The van der Waals surface area contributed by atoms with E-state index in [-0.39, 0.29) is 29.1 Å². The van der Waals surface area contributed by atoms with Crippen molar-refractivity contribution in [2.45, 2.75) is 110 Å². The molecule has 45 heavy (non-hydrogen) atoms. The zero-order valence-electron chi connectivity index (χ0n) is 27.9. The Labute approximate surface area is 266 Å². The van der Waals surface area contributed by atoms with Gasteiger partial charge in [0.15, 0.2) is 19.7 Å². The van der Waals surface area contributed by atoms with Crippen molar-refractivity contribution in [3.63, 3.8) is 0 Å². The van der Waals surface area contributed by atoms with Gasteiger partial charge in [-0.1, -0.05) is 20.8 Å². The summed E-state index contributed by atoms with van der Waals surface area (Å²) >= 11 is 0. The number of anilines is 1. The molecule has 6 rings (SSSR count). The Morgan fingerprint density at radius 2 is 1.87 bits per heavy atom. The maximum Gasteiger partial charge on any atom is 0.306 e. The molecule has 0 amide bonds. The zero-order valence-corrected chi connectivity index (χ0v) is 28.9. The Morgan fingerprint density at radius 1 is 1.09 bits per heavy atom. The molecule has 0 unspecified atom stereocenters. The number of furan rings is 1. The van der Waals surface area contributed by atoms with E-state index in [9.17, 15) is 4.79 Å². The van der Waals surface area contributed by atoms with Gasteiger partial charge in [-0.3, -0.25) is 4.79 Å². The molecule has 0 N–H and O–H groups in total. The maximum absolute atomic E-state index is 12.2. The molecule has 4 aromatic rings. The highest BCUT2D eigenvalue weighted by molar-refractivity contribution is 6.74. The van der Waals surface area contributed by atoms with Crippen molar-refractivity contribution in [2.75, 3.05) is 18.1 Å². The van der Waals surface area contributed by atoms with Crippen molar-refractivity contribution < 1.29 is 23.1 Å². The molecule has 1 saturated heterocycles. The average molecular weight is 634 g/mol. The number of rotatable bonds is 9. The average Bonchev–Trinajstić information content (AvgIpc) is 3.66. The first kappa shape index (κ1) is 31.5. The van der Waals surface area contributed by atoms with Gasteiger partial charge in [-0.05, 0) is 88.7 Å². The summed E-state index contributed by atoms with van der Waals surface area (Å²) in [5.41, 5.74) is 1.76. The molecule has 2 fully saturated rings. The smallest absolute Gasteiger partial charge is 0.306 e. The topological polar surface area (TPSA) is 104 Å². The van der Waals surface area contributed by atoms with Crippen molar-refractivity contribution in [2.24, 2.45) is 5.92 Å². The molecule has 1 saturated carbocycles. The van der Waals surface area contributed by atoms with E-state index >= 15 is 0 Å². The largest absolute Gasteiger partial charge is 0.473 e. The van der Waals surface area contributed by atoms with E-state index in [4.69, 9.17) is 28.4 Å². The first-order valence-electron chi connectivity index (χ1n) is 16.2. The molecule has 1 atom stereocenters. The molecule has 11 heteroatoms. The molecule has 0 radical (unpaired) electrons. The Kier molecular flexibility index (Phi) is 8.22. The van der Waals surface area contributed by atoms with Gasteiger partial charge in [-0.25, -0.2) is 14.5 Å². The van der Waals surface area contributed by atoms with Gasteiger partial charge in [-0.2, -0.15) is 0 Å². The zero-order chi connectivity index (χ0) is 32.1. The van der Waals surface area contributed by atoms with Crippen LogP contribution in [-0.4, -0.2) is 64.8 Å². The van der Waals surface area contributed by atoms with Crippen LogP contribution >= 0.6 is 0 Å². The summed E-state index contributed by atoms with van der Waals surface area (Å²) in [6.45, 7) is 18.8. The van der Waals surface area contributed by atoms with Crippen LogP contribution in [0.1, 0.15) is 73.6 Å². The quantitative estimate of drug-likeness (QED) is 0.138. The van der Waals surface area contributed by atoms with Crippen LogP contribution in [0.25, 0.3) is 28.1 Å². The maximum atomic E-state index is 12.2. The second-order valence-corrected chi connectivity index (χ2v) is 20.0. The first-order valence-corrected chi connectivity index (χ1v) is 19.1. The second kappa shape index (κ2) is 11.7. The second-order valence-electron chi connectivity index (χ2n) is 15.2. The standard InChI is InChI=1S/C34H47N5O5Si/c1-33(2,3)44-31(40)18-22-16-24(17-22)42-30-12-11-29-36-20-26(39(29)37-30)28-19-25-27(43-28)13-14-35-32(25)38-15-9-10-23(38)21-41-45(7,8)34(4,5)6/h11-14,19-20,22-24H,9-10,15-18,21H2,1-8H3/t22?,23-,24?/m1/s1. The molecule has 2 aliphatic rings. The van der Waals surface area contributed by atoms with E-state index in [1.807, 2.05) is 51.2 Å². The summed E-state index contributed by atoms with van der Waals surface area (Å²) in [7, 11) is -1.86. The van der Waals surface area contributed by atoms with E-state index in [0.29, 0.717) is 30.3 Å². The van der Waals surface area contributed by atoms with Crippen LogP contribution in [0.4, 0.5) is 5.82 Å². The molecule has 5 heterocycles. The third-order valence-electron chi connectivity index (χ3n) is 9.46. The van der Waals surface area contributed by atoms with Crippen LogP contribution < -0.4 is 9.64 Å². The Hall–Kier alpha value is -3.44. The number of nitrogens with zero attached hydrogens (tertiary/aromatic N) is 5. The molecule has 0 spiro atoms. The SMILES string of the molecule is CC(C)(C)OC(=O)CC1CC(Oc2ccc3ncc(-c4cc5c(N6CCC[C@@H]6CO[Si](C)(C)C(C)(C)C)nccc5o4)n3n2)C1. The fourth-order valence-electron chi connectivity index (χ4n) is 5.93. The summed E-state index contributed by atoms with van der Waals surface area (Å²) in [5.74, 6) is 2.23. The number of hydrogen-bond acceptors (Lipinski definition) is 9. The van der Waals surface area contributed by atoms with Crippen molar-refractivity contribution in [1.29, 1.82) is 0 Å². The van der Waals surface area contributed by atoms with Crippen LogP contribution in [0.5, 0.6) is 5.88 Å². The van der Waals surface area contributed by atoms with E-state index in [0.717, 1.165) is 54.7 Å². The molecular weight excluding hydrogens is 586 g/mol. The van der Waals surface area contributed by atoms with Gasteiger partial charge >= 0.3 is 5.97 Å². The number of fused-ring (bicyclic) bond motifs is 2. The van der Waals surface area contributed by atoms with Crippen molar-refractivity contribution in [3.05, 3.63) is 36.7 Å². The normalized spacial score (nSPS) is 21.0. The molecule has 0 aromatic carbocycles. The number of ether oxygens (including phenoxy) is 2. The molecule has 1 aliphatic carbocycles. The minimum absolute atomic E-state index is 0.0169. The molecule has 4 aromatic heterocycles. The number of esters is 1. The number of imidazole rings is 1. The number of carbonyl (C=O) groups is 1. The van der Waals surface area contributed by atoms with Crippen LogP contribution in [0.15, 0.2) is 41.1 Å². The lowest BCUT2D eigenvalue weighted by molar-refractivity contribution is -0.157. The lowest BCUT2D eigenvalue weighted by Gasteiger charge is -2.38. The van der Waals surface area contributed by atoms with Gasteiger partial charge in [0.1, 0.15) is 28.8 Å². The van der Waals surface area contributed by atoms with Gasteiger partial charge in [-0.15, -0.1) is 5.10 Å². The van der Waals surface area contributed by atoms with Gasteiger partial charge < -0.3 is 23.2 Å². The van der Waals surface area contributed by atoms with E-state index in [1.165, 1.54) is 0 Å². The summed E-state index contributed by atoms with van der Waals surface area (Å²) in [5, 5.41) is 5.90. The highest BCUT2D eigenvalue weighted by atomic mass is 28.4. The van der Waals surface area contributed by atoms with Crippen LogP contribution in [0.3, 0.4) is 0 Å². The van der Waals surface area contributed by atoms with Crippen LogP contribution in [0, 0.1) is 5.92 Å². The highest BCUT2D eigenvalue weighted by Gasteiger charge is 2.39. The van der Waals surface area contributed by atoms with E-state index < -0.39 is 13.9 Å². The Morgan fingerprint density at radius 3 is 2.60 bits per heavy atom. The summed E-state index contributed by atoms with van der Waals surface area (Å²) in [6, 6.07) is 7.98. The third-order valence-corrected chi connectivity index (χ3v) is 14.0. The first-order chi connectivity index (χ1) is 21.2. The number of pyridine rings is 1. The molecule has 1 aliphatic heterocycles. The number of aromatic nitrogens is 4. The van der Waals surface area contributed by atoms with Gasteiger partial charge in [0.25, 0.3) is 0 Å². The van der Waals surface area contributed by atoms with Gasteiger partial charge in [0.2, 0.25) is 5.88 Å². The van der Waals surface area contributed by atoms with Gasteiger partial charge in [0, 0.05) is 25.2 Å². The Bertz CT molecular complexity index is 1680. The van der Waals surface area contributed by atoms with E-state index in [1.54, 1.807) is 10.7 Å². The lowest BCUT2D eigenvalue weighted by Crippen LogP contribution is -2.45. The minimum Gasteiger partial charge on any atom is -0.473 e. The van der Waals surface area contributed by atoms with Crippen molar-refractivity contribution in [1.82, 2.24) is 19.6 Å². The van der Waals surface area contributed by atoms with Crippen LogP contribution in [-0.2, 0) is 14.0 Å². The van der Waals surface area contributed by atoms with Gasteiger partial charge in [0.05, 0.1) is 24.2 Å². The van der Waals surface area contributed by atoms with Crippen LogP contribution in [0.2, 0.25) is 18.1 Å². The Balaban J connectivity index is 1.17. The molecule has 10 nitrogen and oxygen atoms in total. The fraction of sp³-hybridized carbons (Fsp3) is 0.588. The summed E-state index contributed by atoms with van der Waals surface area (Å²) < 4.78 is 26.4. The molecule has 242 valence electrons. The number of hydrogen-bond donors (Lipinski definition) is 0. The lowest BCUT2D eigenvalue weighted by atomic mass is 9.80. The molecular formula is C34H47N5O5Si. The predicted molar refractivity (Wildman–Crippen MR) is 177 cm³/mol. The fourth-order valence-corrected chi connectivity index (χ4v) is 6.97. The summed E-state index contributed by atoms with van der Waals surface area (Å²) in [4.78, 5) is 24.0. The van der Waals surface area contributed by atoms with Crippen molar-refractivity contribution in [3.8, 4) is 17.3 Å². The summed E-state index contributed by atoms with van der Waals surface area (Å²) in [6.07, 6.45) is 7.83. The number of carbonyl (C=O) groups excluding carboxylic acids is 1. The monoisotopic (exact) mass is 633 g/mol. The third kappa shape index (κ3) is 6.74. The minimum atomic E-state index is -1.86. The van der Waals surface area contributed by atoms with E-state index in [2.05, 4.69) is 43.7 Å². The predicted octanol–water partition coefficient (Wildman–Crippen LogP) is 7.42.